The van der Waals surface area contributed by atoms with E-state index in [1.807, 2.05) is 0 Å². The van der Waals surface area contributed by atoms with Crippen molar-refractivity contribution in [3.05, 3.63) is 6.33 Å². The van der Waals surface area contributed by atoms with Gasteiger partial charge in [0, 0.05) is 18.3 Å². The third kappa shape index (κ3) is 4.59. The first-order chi connectivity index (χ1) is 6.68. The zero-order valence-corrected chi connectivity index (χ0v) is 9.21. The topological polar surface area (TPSA) is 73.8 Å². The van der Waals surface area contributed by atoms with Gasteiger partial charge in [-0.2, -0.15) is 5.10 Å². The lowest BCUT2D eigenvalue weighted by Crippen LogP contribution is -2.33. The van der Waals surface area contributed by atoms with Gasteiger partial charge in [-0.15, -0.1) is 0 Å². The van der Waals surface area contributed by atoms with Gasteiger partial charge >= 0.3 is 0 Å². The molecule has 1 aromatic rings. The largest absolute Gasteiger partial charge is 0.391 e. The molecule has 0 spiro atoms. The molecular weight excluding hydrogens is 200 g/mol. The van der Waals surface area contributed by atoms with Crippen LogP contribution in [0.5, 0.6) is 0 Å². The molecule has 14 heavy (non-hydrogen) atoms. The van der Waals surface area contributed by atoms with Crippen LogP contribution in [0.1, 0.15) is 13.8 Å². The summed E-state index contributed by atoms with van der Waals surface area (Å²) in [5.41, 5.74) is 0. The van der Waals surface area contributed by atoms with E-state index in [0.717, 1.165) is 5.16 Å². The average molecular weight is 216 g/mol. The number of rotatable bonds is 6. The van der Waals surface area contributed by atoms with Crippen LogP contribution in [0.4, 0.5) is 0 Å². The molecule has 6 heteroatoms. The Kier molecular flexibility index (Phi) is 4.92. The van der Waals surface area contributed by atoms with E-state index in [1.165, 1.54) is 18.1 Å². The number of aliphatic hydroxyl groups is 1. The summed E-state index contributed by atoms with van der Waals surface area (Å²) in [4.78, 5) is 3.95. The van der Waals surface area contributed by atoms with Crippen molar-refractivity contribution in [2.45, 2.75) is 31.1 Å². The Labute approximate surface area is 87.7 Å². The summed E-state index contributed by atoms with van der Waals surface area (Å²) < 4.78 is 0. The van der Waals surface area contributed by atoms with Crippen molar-refractivity contribution < 1.29 is 5.11 Å². The van der Waals surface area contributed by atoms with Crippen LogP contribution in [-0.4, -0.2) is 44.7 Å². The third-order valence-electron chi connectivity index (χ3n) is 1.57. The van der Waals surface area contributed by atoms with Crippen molar-refractivity contribution in [2.75, 3.05) is 12.3 Å². The van der Waals surface area contributed by atoms with Crippen molar-refractivity contribution in [1.82, 2.24) is 20.5 Å². The van der Waals surface area contributed by atoms with Crippen molar-refractivity contribution in [3.8, 4) is 0 Å². The van der Waals surface area contributed by atoms with Gasteiger partial charge in [-0.3, -0.25) is 5.10 Å². The number of nitrogens with one attached hydrogen (secondary N) is 2. The van der Waals surface area contributed by atoms with E-state index >= 15 is 0 Å². The van der Waals surface area contributed by atoms with Crippen LogP contribution in [0.15, 0.2) is 11.5 Å². The van der Waals surface area contributed by atoms with Crippen LogP contribution in [0.2, 0.25) is 0 Å². The van der Waals surface area contributed by atoms with E-state index in [2.05, 4.69) is 34.3 Å². The number of aromatic nitrogens is 3. The minimum absolute atomic E-state index is 0.354. The van der Waals surface area contributed by atoms with Gasteiger partial charge in [0.05, 0.1) is 6.10 Å². The summed E-state index contributed by atoms with van der Waals surface area (Å²) in [7, 11) is 0. The normalized spacial score (nSPS) is 13.4. The number of thioether (sulfide) groups is 1. The molecule has 0 aliphatic heterocycles. The highest BCUT2D eigenvalue weighted by Crippen LogP contribution is 2.11. The summed E-state index contributed by atoms with van der Waals surface area (Å²) >= 11 is 1.47. The fourth-order valence-corrected chi connectivity index (χ4v) is 1.58. The molecular formula is C8H16N4OS. The van der Waals surface area contributed by atoms with Crippen molar-refractivity contribution in [1.29, 1.82) is 0 Å². The van der Waals surface area contributed by atoms with Gasteiger partial charge < -0.3 is 10.4 Å². The molecule has 1 unspecified atom stereocenters. The van der Waals surface area contributed by atoms with E-state index < -0.39 is 0 Å². The van der Waals surface area contributed by atoms with Gasteiger partial charge in [-0.05, 0) is 0 Å². The summed E-state index contributed by atoms with van der Waals surface area (Å²) in [6.45, 7) is 4.71. The lowest BCUT2D eigenvalue weighted by Gasteiger charge is -2.12. The van der Waals surface area contributed by atoms with E-state index in [0.29, 0.717) is 18.3 Å². The minimum atomic E-state index is -0.354. The Bertz CT molecular complexity index is 239. The molecule has 0 amide bonds. The molecule has 0 radical (unpaired) electrons. The predicted octanol–water partition coefficient (Wildman–Crippen LogP) is 0.256. The molecule has 5 nitrogen and oxygen atoms in total. The van der Waals surface area contributed by atoms with Gasteiger partial charge in [0.15, 0.2) is 5.16 Å². The Morgan fingerprint density at radius 3 is 3.00 bits per heavy atom. The minimum Gasteiger partial charge on any atom is -0.391 e. The second-order valence-electron chi connectivity index (χ2n) is 3.32. The molecule has 1 rings (SSSR count). The zero-order chi connectivity index (χ0) is 10.4. The number of nitrogens with zero attached hydrogens (tertiary/aromatic N) is 2. The number of aromatic amines is 1. The van der Waals surface area contributed by atoms with Gasteiger partial charge in [0.2, 0.25) is 0 Å². The van der Waals surface area contributed by atoms with E-state index in [1.54, 1.807) is 0 Å². The molecule has 0 aromatic carbocycles. The van der Waals surface area contributed by atoms with E-state index in [4.69, 9.17) is 0 Å². The molecule has 0 fully saturated rings. The van der Waals surface area contributed by atoms with Gasteiger partial charge in [-0.1, -0.05) is 25.6 Å². The molecule has 3 N–H and O–H groups in total. The molecule has 0 aliphatic carbocycles. The van der Waals surface area contributed by atoms with Crippen LogP contribution >= 0.6 is 11.8 Å². The maximum Gasteiger partial charge on any atom is 0.183 e. The van der Waals surface area contributed by atoms with Crippen LogP contribution in [0.3, 0.4) is 0 Å². The quantitative estimate of drug-likeness (QED) is 0.595. The Balaban J connectivity index is 2.12. The van der Waals surface area contributed by atoms with Gasteiger partial charge in [0.1, 0.15) is 6.33 Å². The molecule has 80 valence electrons. The number of H-pyrrole nitrogens is 1. The predicted molar refractivity (Wildman–Crippen MR) is 56.3 cm³/mol. The first-order valence-electron chi connectivity index (χ1n) is 4.58. The first-order valence-corrected chi connectivity index (χ1v) is 5.56. The second-order valence-corrected chi connectivity index (χ2v) is 4.33. The van der Waals surface area contributed by atoms with Crippen molar-refractivity contribution >= 4 is 11.8 Å². The number of hydrogen-bond donors (Lipinski definition) is 3. The lowest BCUT2D eigenvalue weighted by molar-refractivity contribution is 0.192. The molecule has 1 atom stereocenters. The third-order valence-corrected chi connectivity index (χ3v) is 2.59. The molecule has 0 bridgehead atoms. The summed E-state index contributed by atoms with van der Waals surface area (Å²) in [6, 6.07) is 0.403. The van der Waals surface area contributed by atoms with Gasteiger partial charge in [-0.25, -0.2) is 4.98 Å². The van der Waals surface area contributed by atoms with Crippen molar-refractivity contribution in [2.24, 2.45) is 0 Å². The monoisotopic (exact) mass is 216 g/mol. The van der Waals surface area contributed by atoms with E-state index in [-0.39, 0.29) is 6.10 Å². The highest BCUT2D eigenvalue weighted by atomic mass is 32.2. The molecule has 1 aromatic heterocycles. The van der Waals surface area contributed by atoms with E-state index in [9.17, 15) is 5.11 Å². The Hall–Kier alpha value is -0.590. The van der Waals surface area contributed by atoms with Crippen LogP contribution in [-0.2, 0) is 0 Å². The zero-order valence-electron chi connectivity index (χ0n) is 8.40. The fraction of sp³-hybridized carbons (Fsp3) is 0.750. The average Bonchev–Trinajstić information content (AvgIpc) is 2.63. The molecule has 0 saturated carbocycles. The second kappa shape index (κ2) is 6.00. The highest BCUT2D eigenvalue weighted by Gasteiger charge is 2.06. The lowest BCUT2D eigenvalue weighted by atomic mass is 10.3. The van der Waals surface area contributed by atoms with Crippen LogP contribution in [0, 0.1) is 0 Å². The number of aliphatic hydroxyl groups excluding tert-OH is 1. The first kappa shape index (κ1) is 11.5. The smallest absolute Gasteiger partial charge is 0.183 e. The highest BCUT2D eigenvalue weighted by molar-refractivity contribution is 7.99. The summed E-state index contributed by atoms with van der Waals surface area (Å²) in [5, 5.41) is 19.9. The molecule has 0 saturated heterocycles. The molecule has 0 aliphatic rings. The van der Waals surface area contributed by atoms with Crippen LogP contribution in [0.25, 0.3) is 0 Å². The number of hydrogen-bond acceptors (Lipinski definition) is 5. The molecule has 1 heterocycles. The van der Waals surface area contributed by atoms with Crippen molar-refractivity contribution in [3.63, 3.8) is 0 Å². The maximum absolute atomic E-state index is 9.55. The van der Waals surface area contributed by atoms with Gasteiger partial charge in [0.25, 0.3) is 0 Å². The Morgan fingerprint density at radius 1 is 1.64 bits per heavy atom. The fourth-order valence-electron chi connectivity index (χ4n) is 0.870. The Morgan fingerprint density at radius 2 is 2.43 bits per heavy atom. The van der Waals surface area contributed by atoms with Crippen LogP contribution < -0.4 is 5.32 Å². The summed E-state index contributed by atoms with van der Waals surface area (Å²) in [6.07, 6.45) is 1.11. The standard InChI is InChI=1S/C8H16N4OS/c1-6(2)9-3-7(13)4-14-8-10-5-11-12-8/h5-7,9,13H,3-4H2,1-2H3,(H,10,11,12). The summed E-state index contributed by atoms with van der Waals surface area (Å²) in [5.74, 6) is 0.620. The SMILES string of the molecule is CC(C)NCC(O)CSc1ncn[nH]1. The maximum atomic E-state index is 9.55.